The van der Waals surface area contributed by atoms with Crippen LogP contribution >= 0.6 is 39.1 Å². The smallest absolute Gasteiger partial charge is 0.261 e. The summed E-state index contributed by atoms with van der Waals surface area (Å²) < 4.78 is 6.78. The Labute approximate surface area is 247 Å². The summed E-state index contributed by atoms with van der Waals surface area (Å²) in [7, 11) is 0. The molecular formula is C31H29BrCl2N2O3. The molecule has 1 N–H and O–H groups in total. The van der Waals surface area contributed by atoms with Gasteiger partial charge in [0.15, 0.2) is 6.61 Å². The lowest BCUT2D eigenvalue weighted by Crippen LogP contribution is -2.52. The molecule has 5 nitrogen and oxygen atoms in total. The molecular weight excluding hydrogens is 599 g/mol. The number of ether oxygens (including phenoxy) is 1. The van der Waals surface area contributed by atoms with E-state index in [1.807, 2.05) is 80.6 Å². The van der Waals surface area contributed by atoms with Crippen LogP contribution in [-0.2, 0) is 22.6 Å². The molecule has 2 amide bonds. The fourth-order valence-corrected chi connectivity index (χ4v) is 5.39. The van der Waals surface area contributed by atoms with Crippen molar-refractivity contribution in [3.8, 4) is 5.75 Å². The fraction of sp³-hybridized carbons (Fsp3) is 0.226. The Morgan fingerprint density at radius 2 is 1.67 bits per heavy atom. The quantitative estimate of drug-likeness (QED) is 0.199. The standard InChI is InChI=1S/C31H29BrCl2N2O3/c1-20(2)35-31(38)27(16-21-8-4-3-5-9-21)36(18-23-12-14-24(33)17-26(23)34)29(37)19-39-28-15-13-22-10-6-7-11-25(22)30(28)32/h3-15,17,20,27H,16,18-19H2,1-2H3,(H,35,38)/t27-/m0/s1. The highest BCUT2D eigenvalue weighted by atomic mass is 79.9. The third-order valence-electron chi connectivity index (χ3n) is 6.24. The van der Waals surface area contributed by atoms with E-state index in [1.54, 1.807) is 18.2 Å². The Kier molecular flexibility index (Phi) is 9.89. The maximum Gasteiger partial charge on any atom is 0.261 e. The van der Waals surface area contributed by atoms with Gasteiger partial charge in [-0.1, -0.05) is 89.9 Å². The van der Waals surface area contributed by atoms with Crippen LogP contribution in [0.3, 0.4) is 0 Å². The van der Waals surface area contributed by atoms with Crippen LogP contribution < -0.4 is 10.1 Å². The zero-order valence-corrected chi connectivity index (χ0v) is 24.8. The Balaban J connectivity index is 1.66. The number of hydrogen-bond acceptors (Lipinski definition) is 3. The van der Waals surface area contributed by atoms with Crippen molar-refractivity contribution < 1.29 is 14.3 Å². The summed E-state index contributed by atoms with van der Waals surface area (Å²) in [6.07, 6.45) is 0.329. The van der Waals surface area contributed by atoms with Crippen LogP contribution in [0.5, 0.6) is 5.75 Å². The van der Waals surface area contributed by atoms with Gasteiger partial charge in [0.25, 0.3) is 5.91 Å². The maximum atomic E-state index is 13.8. The normalized spacial score (nSPS) is 11.8. The molecule has 0 radical (unpaired) electrons. The second-order valence-corrected chi connectivity index (χ2v) is 11.2. The number of benzene rings is 4. The second kappa shape index (κ2) is 13.3. The van der Waals surface area contributed by atoms with Gasteiger partial charge in [-0.2, -0.15) is 0 Å². The molecule has 4 rings (SSSR count). The Morgan fingerprint density at radius 3 is 2.38 bits per heavy atom. The average Bonchev–Trinajstić information content (AvgIpc) is 2.91. The van der Waals surface area contributed by atoms with Crippen LogP contribution in [0.2, 0.25) is 10.0 Å². The summed E-state index contributed by atoms with van der Waals surface area (Å²) in [5, 5.41) is 5.91. The predicted octanol–water partition coefficient (Wildman–Crippen LogP) is 7.45. The SMILES string of the molecule is CC(C)NC(=O)[C@H](Cc1ccccc1)N(Cc1ccc(Cl)cc1Cl)C(=O)COc1ccc2ccccc2c1Br. The van der Waals surface area contributed by atoms with Gasteiger partial charge in [-0.3, -0.25) is 9.59 Å². The average molecular weight is 628 g/mol. The zero-order valence-electron chi connectivity index (χ0n) is 21.7. The predicted molar refractivity (Wildman–Crippen MR) is 161 cm³/mol. The highest BCUT2D eigenvalue weighted by Crippen LogP contribution is 2.33. The molecule has 0 aliphatic heterocycles. The molecule has 39 heavy (non-hydrogen) atoms. The monoisotopic (exact) mass is 626 g/mol. The van der Waals surface area contributed by atoms with Gasteiger partial charge in [-0.05, 0) is 69.9 Å². The molecule has 0 bridgehead atoms. The van der Waals surface area contributed by atoms with Crippen LogP contribution in [0, 0.1) is 0 Å². The molecule has 202 valence electrons. The number of nitrogens with zero attached hydrogens (tertiary/aromatic N) is 1. The molecule has 0 aromatic heterocycles. The van der Waals surface area contributed by atoms with E-state index in [4.69, 9.17) is 27.9 Å². The van der Waals surface area contributed by atoms with Crippen molar-refractivity contribution in [2.45, 2.75) is 38.9 Å². The molecule has 4 aromatic carbocycles. The van der Waals surface area contributed by atoms with E-state index in [1.165, 1.54) is 4.90 Å². The van der Waals surface area contributed by atoms with E-state index in [9.17, 15) is 9.59 Å². The number of hydrogen-bond donors (Lipinski definition) is 1. The summed E-state index contributed by atoms with van der Waals surface area (Å²) in [6, 6.07) is 25.5. The minimum Gasteiger partial charge on any atom is -0.483 e. The lowest BCUT2D eigenvalue weighted by atomic mass is 10.0. The zero-order chi connectivity index (χ0) is 27.9. The van der Waals surface area contributed by atoms with Gasteiger partial charge in [0, 0.05) is 29.1 Å². The third-order valence-corrected chi connectivity index (χ3v) is 7.64. The first-order chi connectivity index (χ1) is 18.7. The van der Waals surface area contributed by atoms with Crippen molar-refractivity contribution in [1.29, 1.82) is 0 Å². The molecule has 0 fully saturated rings. The summed E-state index contributed by atoms with van der Waals surface area (Å²) >= 11 is 16.2. The highest BCUT2D eigenvalue weighted by molar-refractivity contribution is 9.10. The van der Waals surface area contributed by atoms with Crippen LogP contribution in [0.1, 0.15) is 25.0 Å². The van der Waals surface area contributed by atoms with Gasteiger partial charge in [-0.15, -0.1) is 0 Å². The molecule has 1 atom stereocenters. The van der Waals surface area contributed by atoms with Gasteiger partial charge in [0.1, 0.15) is 11.8 Å². The Bertz CT molecular complexity index is 1460. The van der Waals surface area contributed by atoms with E-state index in [0.717, 1.165) is 20.8 Å². The molecule has 0 saturated heterocycles. The van der Waals surface area contributed by atoms with Crippen molar-refractivity contribution >= 4 is 61.7 Å². The van der Waals surface area contributed by atoms with Crippen LogP contribution in [-0.4, -0.2) is 35.4 Å². The number of rotatable bonds is 10. The molecule has 0 spiro atoms. The van der Waals surface area contributed by atoms with Gasteiger partial charge in [0.2, 0.25) is 5.91 Å². The van der Waals surface area contributed by atoms with Crippen LogP contribution in [0.4, 0.5) is 0 Å². The Hall–Kier alpha value is -3.06. The van der Waals surface area contributed by atoms with Crippen molar-refractivity contribution in [2.75, 3.05) is 6.61 Å². The second-order valence-electron chi connectivity index (χ2n) is 9.51. The number of carbonyl (C=O) groups is 2. The van der Waals surface area contributed by atoms with E-state index in [2.05, 4.69) is 21.2 Å². The van der Waals surface area contributed by atoms with E-state index in [0.29, 0.717) is 27.8 Å². The fourth-order valence-electron chi connectivity index (χ4n) is 4.32. The molecule has 0 unspecified atom stereocenters. The number of nitrogens with one attached hydrogen (secondary N) is 1. The summed E-state index contributed by atoms with van der Waals surface area (Å²) in [6.45, 7) is 3.63. The molecule has 4 aromatic rings. The number of carbonyl (C=O) groups excluding carboxylic acids is 2. The first-order valence-corrected chi connectivity index (χ1v) is 14.2. The highest BCUT2D eigenvalue weighted by Gasteiger charge is 2.31. The van der Waals surface area contributed by atoms with Crippen molar-refractivity contribution in [1.82, 2.24) is 10.2 Å². The number of fused-ring (bicyclic) bond motifs is 1. The van der Waals surface area contributed by atoms with E-state index >= 15 is 0 Å². The maximum absolute atomic E-state index is 13.8. The summed E-state index contributed by atoms with van der Waals surface area (Å²) in [4.78, 5) is 28.9. The largest absolute Gasteiger partial charge is 0.483 e. The summed E-state index contributed by atoms with van der Waals surface area (Å²) in [5.41, 5.74) is 1.61. The van der Waals surface area contributed by atoms with Crippen molar-refractivity contribution in [3.63, 3.8) is 0 Å². The molecule has 0 saturated carbocycles. The van der Waals surface area contributed by atoms with Gasteiger partial charge in [0.05, 0.1) is 4.47 Å². The molecule has 0 heterocycles. The van der Waals surface area contributed by atoms with Gasteiger partial charge >= 0.3 is 0 Å². The molecule has 0 aliphatic rings. The van der Waals surface area contributed by atoms with Gasteiger partial charge < -0.3 is 15.0 Å². The minimum atomic E-state index is -0.794. The first-order valence-electron chi connectivity index (χ1n) is 12.6. The van der Waals surface area contributed by atoms with Crippen molar-refractivity contribution in [2.24, 2.45) is 0 Å². The van der Waals surface area contributed by atoms with E-state index < -0.39 is 6.04 Å². The third kappa shape index (κ3) is 7.53. The Morgan fingerprint density at radius 1 is 0.949 bits per heavy atom. The van der Waals surface area contributed by atoms with Gasteiger partial charge in [-0.25, -0.2) is 0 Å². The first kappa shape index (κ1) is 28.9. The number of halogens is 3. The number of amides is 2. The topological polar surface area (TPSA) is 58.6 Å². The summed E-state index contributed by atoms with van der Waals surface area (Å²) in [5.74, 6) is -0.0575. The molecule has 8 heteroatoms. The van der Waals surface area contributed by atoms with Crippen LogP contribution in [0.15, 0.2) is 89.4 Å². The lowest BCUT2D eigenvalue weighted by Gasteiger charge is -2.32. The van der Waals surface area contributed by atoms with E-state index in [-0.39, 0.29) is 31.0 Å². The van der Waals surface area contributed by atoms with Crippen molar-refractivity contribution in [3.05, 3.63) is 111 Å². The lowest BCUT2D eigenvalue weighted by molar-refractivity contribution is -0.143. The molecule has 0 aliphatic carbocycles. The minimum absolute atomic E-state index is 0.100. The van der Waals surface area contributed by atoms with Crippen LogP contribution in [0.25, 0.3) is 10.8 Å².